The first-order valence-corrected chi connectivity index (χ1v) is 9.13. The van der Waals surface area contributed by atoms with Crippen molar-refractivity contribution in [1.82, 2.24) is 0 Å². The van der Waals surface area contributed by atoms with Crippen LogP contribution in [0.1, 0.15) is 25.7 Å². The maximum absolute atomic E-state index is 5.92. The molecule has 124 valence electrons. The molecule has 0 N–H and O–H groups in total. The molecule has 2 aromatic rings. The minimum absolute atomic E-state index is 0.539. The second kappa shape index (κ2) is 5.96. The fraction of sp³-hybridized carbons (Fsp3) is 0.217. The number of ether oxygens (including phenoxy) is 1. The summed E-state index contributed by atoms with van der Waals surface area (Å²) in [5, 5.41) is 2.46. The summed E-state index contributed by atoms with van der Waals surface area (Å²) in [4.78, 5) is 2.46. The van der Waals surface area contributed by atoms with Crippen LogP contribution in [0, 0.1) is 0 Å². The van der Waals surface area contributed by atoms with Crippen LogP contribution < -0.4 is 20.1 Å². The van der Waals surface area contributed by atoms with E-state index in [0.717, 1.165) is 12.2 Å². The number of para-hydroxylation sites is 1. The van der Waals surface area contributed by atoms with E-state index in [2.05, 4.69) is 59.7 Å². The molecule has 2 aliphatic heterocycles. The van der Waals surface area contributed by atoms with Crippen LogP contribution in [0.3, 0.4) is 0 Å². The van der Waals surface area contributed by atoms with Crippen molar-refractivity contribution in [3.63, 3.8) is 0 Å². The molecule has 25 heavy (non-hydrogen) atoms. The number of allylic oxidation sites excluding steroid dienone is 2. The van der Waals surface area contributed by atoms with Crippen LogP contribution in [-0.4, -0.2) is 6.04 Å². The molecule has 0 aromatic heterocycles. The van der Waals surface area contributed by atoms with Crippen LogP contribution in [0.5, 0.6) is 5.75 Å². The van der Waals surface area contributed by atoms with E-state index in [9.17, 15) is 0 Å². The van der Waals surface area contributed by atoms with Gasteiger partial charge in [-0.1, -0.05) is 42.5 Å². The summed E-state index contributed by atoms with van der Waals surface area (Å²) >= 11 is 0. The van der Waals surface area contributed by atoms with Crippen molar-refractivity contribution in [2.75, 3.05) is 4.90 Å². The molecule has 2 heteroatoms. The van der Waals surface area contributed by atoms with Crippen LogP contribution in [0.15, 0.2) is 60.8 Å². The summed E-state index contributed by atoms with van der Waals surface area (Å²) < 4.78 is 5.92. The Morgan fingerprint density at radius 3 is 2.92 bits per heavy atom. The lowest BCUT2D eigenvalue weighted by atomic mass is 9.96. The summed E-state index contributed by atoms with van der Waals surface area (Å²) in [5.74, 6) is 0.937. The average Bonchev–Trinajstić information content (AvgIpc) is 2.96. The second-order valence-electron chi connectivity index (χ2n) is 6.90. The first-order valence-electron chi connectivity index (χ1n) is 9.13. The quantitative estimate of drug-likeness (QED) is 0.731. The Labute approximate surface area is 148 Å². The zero-order chi connectivity index (χ0) is 16.6. The van der Waals surface area contributed by atoms with Gasteiger partial charge in [0.15, 0.2) is 0 Å². The van der Waals surface area contributed by atoms with Crippen LogP contribution in [0.2, 0.25) is 0 Å². The molecule has 0 amide bonds. The molecule has 0 spiro atoms. The summed E-state index contributed by atoms with van der Waals surface area (Å²) in [5.41, 5.74) is 3.73. The molecule has 2 aromatic carbocycles. The van der Waals surface area contributed by atoms with E-state index in [1.165, 1.54) is 46.5 Å². The van der Waals surface area contributed by atoms with Gasteiger partial charge in [-0.05, 0) is 49.5 Å². The smallest absolute Gasteiger partial charge is 0.134 e. The molecule has 2 heterocycles. The Morgan fingerprint density at radius 2 is 1.92 bits per heavy atom. The molecule has 1 atom stereocenters. The molecule has 1 unspecified atom stereocenters. The first kappa shape index (κ1) is 14.6. The normalized spacial score (nSPS) is 20.3. The molecule has 0 radical (unpaired) electrons. The highest BCUT2D eigenvalue weighted by atomic mass is 16.5. The van der Waals surface area contributed by atoms with Crippen molar-refractivity contribution in [2.24, 2.45) is 0 Å². The number of benzene rings is 2. The summed E-state index contributed by atoms with van der Waals surface area (Å²) in [6.45, 7) is 0. The fourth-order valence-electron chi connectivity index (χ4n) is 4.15. The zero-order valence-corrected chi connectivity index (χ0v) is 14.2. The SMILES string of the molecule is C1=CN(C2CC=CCCC2)c2ccc3c(c2=C1)=COc1ccccc1-3. The van der Waals surface area contributed by atoms with Crippen molar-refractivity contribution in [3.05, 3.63) is 71.3 Å². The standard InChI is InChI=1S/C23H21NO/c1-2-4-9-17(8-3-1)24-15-7-11-19-21-16-25-23-12-6-5-10-20(23)18(21)13-14-22(19)24/h1,3,5-7,10-17H,2,4,8-9H2. The van der Waals surface area contributed by atoms with Gasteiger partial charge in [-0.2, -0.15) is 0 Å². The van der Waals surface area contributed by atoms with Gasteiger partial charge >= 0.3 is 0 Å². The third kappa shape index (κ3) is 2.41. The summed E-state index contributed by atoms with van der Waals surface area (Å²) in [6, 6.07) is 13.3. The highest BCUT2D eigenvalue weighted by molar-refractivity contribution is 5.78. The number of rotatable bonds is 1. The van der Waals surface area contributed by atoms with Crippen LogP contribution in [0.25, 0.3) is 23.5 Å². The third-order valence-electron chi connectivity index (χ3n) is 5.41. The molecular formula is C23H21NO. The van der Waals surface area contributed by atoms with Crippen molar-refractivity contribution >= 4 is 18.0 Å². The lowest BCUT2D eigenvalue weighted by Crippen LogP contribution is -2.40. The van der Waals surface area contributed by atoms with Gasteiger partial charge in [-0.15, -0.1) is 0 Å². The van der Waals surface area contributed by atoms with Gasteiger partial charge in [0.25, 0.3) is 0 Å². The highest BCUT2D eigenvalue weighted by Gasteiger charge is 2.21. The first-order chi connectivity index (χ1) is 12.4. The topological polar surface area (TPSA) is 12.5 Å². The number of nitrogens with zero attached hydrogens (tertiary/aromatic N) is 1. The largest absolute Gasteiger partial charge is 0.464 e. The molecule has 0 fully saturated rings. The second-order valence-corrected chi connectivity index (χ2v) is 6.90. The average molecular weight is 327 g/mol. The van der Waals surface area contributed by atoms with Crippen LogP contribution >= 0.6 is 0 Å². The maximum atomic E-state index is 5.92. The van der Waals surface area contributed by atoms with Gasteiger partial charge in [0.2, 0.25) is 0 Å². The van der Waals surface area contributed by atoms with E-state index < -0.39 is 0 Å². The zero-order valence-electron chi connectivity index (χ0n) is 14.2. The van der Waals surface area contributed by atoms with Crippen LogP contribution in [-0.2, 0) is 0 Å². The van der Waals surface area contributed by atoms with Gasteiger partial charge < -0.3 is 9.64 Å². The fourth-order valence-corrected chi connectivity index (χ4v) is 4.15. The Kier molecular flexibility index (Phi) is 3.48. The Hall–Kier alpha value is -2.74. The summed E-state index contributed by atoms with van der Waals surface area (Å²) in [7, 11) is 0. The number of hydrogen-bond acceptors (Lipinski definition) is 2. The van der Waals surface area contributed by atoms with Gasteiger partial charge in [0.05, 0.1) is 6.26 Å². The molecule has 0 saturated heterocycles. The molecule has 5 rings (SSSR count). The van der Waals surface area contributed by atoms with E-state index >= 15 is 0 Å². The van der Waals surface area contributed by atoms with Gasteiger partial charge in [-0.3, -0.25) is 0 Å². The lowest BCUT2D eigenvalue weighted by Gasteiger charge is -2.32. The van der Waals surface area contributed by atoms with E-state index in [-0.39, 0.29) is 0 Å². The maximum Gasteiger partial charge on any atom is 0.134 e. The monoisotopic (exact) mass is 327 g/mol. The van der Waals surface area contributed by atoms with Gasteiger partial charge in [0.1, 0.15) is 5.75 Å². The van der Waals surface area contributed by atoms with Crippen molar-refractivity contribution in [2.45, 2.75) is 31.7 Å². The Balaban J connectivity index is 1.65. The third-order valence-corrected chi connectivity index (χ3v) is 5.41. The number of fused-ring (bicyclic) bond motifs is 5. The summed E-state index contributed by atoms with van der Waals surface area (Å²) in [6.07, 6.45) is 18.0. The van der Waals surface area contributed by atoms with Gasteiger partial charge in [-0.25, -0.2) is 0 Å². The predicted molar refractivity (Wildman–Crippen MR) is 104 cm³/mol. The lowest BCUT2D eigenvalue weighted by molar-refractivity contribution is 0.537. The van der Waals surface area contributed by atoms with E-state index in [0.29, 0.717) is 6.04 Å². The minimum atomic E-state index is 0.539. The molecule has 0 saturated carbocycles. The van der Waals surface area contributed by atoms with Crippen molar-refractivity contribution in [1.29, 1.82) is 0 Å². The number of hydrogen-bond donors (Lipinski definition) is 0. The molecule has 3 aliphatic rings. The van der Waals surface area contributed by atoms with E-state index in [4.69, 9.17) is 4.74 Å². The Morgan fingerprint density at radius 1 is 0.960 bits per heavy atom. The predicted octanol–water partition coefficient (Wildman–Crippen LogP) is 4.10. The van der Waals surface area contributed by atoms with Gasteiger partial charge in [0, 0.05) is 33.9 Å². The minimum Gasteiger partial charge on any atom is -0.464 e. The number of anilines is 1. The van der Waals surface area contributed by atoms with E-state index in [1.807, 2.05) is 18.4 Å². The van der Waals surface area contributed by atoms with Crippen LogP contribution in [0.4, 0.5) is 5.69 Å². The molecule has 1 aliphatic carbocycles. The highest BCUT2D eigenvalue weighted by Crippen LogP contribution is 2.31. The van der Waals surface area contributed by atoms with E-state index in [1.54, 1.807) is 0 Å². The molecule has 2 nitrogen and oxygen atoms in total. The molecule has 0 bridgehead atoms. The molecular weight excluding hydrogens is 306 g/mol. The Bertz CT molecular complexity index is 999. The van der Waals surface area contributed by atoms with Crippen molar-refractivity contribution < 1.29 is 4.74 Å². The van der Waals surface area contributed by atoms with Crippen molar-refractivity contribution in [3.8, 4) is 16.9 Å².